The largest absolute Gasteiger partial charge is 0.497 e. The third-order valence-corrected chi connectivity index (χ3v) is 2.54. The van der Waals surface area contributed by atoms with Crippen LogP contribution in [0.25, 0.3) is 0 Å². The Bertz CT molecular complexity index is 551. The lowest BCUT2D eigenvalue weighted by molar-refractivity contribution is -0.146. The van der Waals surface area contributed by atoms with Gasteiger partial charge in [0.1, 0.15) is 11.6 Å². The van der Waals surface area contributed by atoms with Crippen LogP contribution >= 0.6 is 0 Å². The second kappa shape index (κ2) is 8.66. The molecule has 1 aromatic rings. The molecule has 0 aliphatic carbocycles. The number of carbonyl (C=O) groups excluding carboxylic acids is 2. The van der Waals surface area contributed by atoms with Gasteiger partial charge in [-0.15, -0.1) is 0 Å². The molecule has 22 heavy (non-hydrogen) atoms. The molecule has 1 aromatic carbocycles. The van der Waals surface area contributed by atoms with E-state index >= 15 is 0 Å². The molecule has 0 aliphatic rings. The minimum atomic E-state index is -0.845. The van der Waals surface area contributed by atoms with Crippen LogP contribution in [0.1, 0.15) is 13.8 Å². The van der Waals surface area contributed by atoms with E-state index in [0.29, 0.717) is 5.75 Å². The van der Waals surface area contributed by atoms with Crippen molar-refractivity contribution >= 4 is 17.6 Å². The number of halogens is 1. The average Bonchev–Trinajstić information content (AvgIpc) is 2.49. The summed E-state index contributed by atoms with van der Waals surface area (Å²) in [6.07, 6.45) is 1.06. The maximum absolute atomic E-state index is 13.8. The van der Waals surface area contributed by atoms with Gasteiger partial charge in [0.25, 0.3) is 0 Å². The fraction of sp³-hybridized carbons (Fsp3) is 0.333. The van der Waals surface area contributed by atoms with E-state index in [1.165, 1.54) is 25.3 Å². The number of hydrogen-bond acceptors (Lipinski definition) is 6. The fourth-order valence-electron chi connectivity index (χ4n) is 1.51. The normalized spacial score (nSPS) is 9.64. The van der Waals surface area contributed by atoms with Gasteiger partial charge in [-0.2, -0.15) is 0 Å². The number of anilines is 1. The molecule has 0 unspecified atom stereocenters. The summed E-state index contributed by atoms with van der Waals surface area (Å²) in [4.78, 5) is 23.4. The molecule has 0 aliphatic heterocycles. The molecule has 0 radical (unpaired) electrons. The molecule has 0 saturated heterocycles. The second-order valence-corrected chi connectivity index (χ2v) is 3.99. The summed E-state index contributed by atoms with van der Waals surface area (Å²) in [6, 6.07) is 4.12. The van der Waals surface area contributed by atoms with Gasteiger partial charge in [-0.1, -0.05) is 0 Å². The molecule has 0 fully saturated rings. The molecular formula is C15H18FNO5. The monoisotopic (exact) mass is 311 g/mol. The first-order chi connectivity index (χ1) is 10.5. The predicted octanol–water partition coefficient (Wildman–Crippen LogP) is 2.26. The summed E-state index contributed by atoms with van der Waals surface area (Å²) in [5, 5.41) is 2.55. The van der Waals surface area contributed by atoms with Gasteiger partial charge < -0.3 is 19.5 Å². The molecule has 0 saturated carbocycles. The lowest BCUT2D eigenvalue weighted by Crippen LogP contribution is -2.19. The SMILES string of the molecule is CCOC(=O)C(=CNc1ccc(OC)cc1F)C(=O)OCC. The molecule has 0 heterocycles. The van der Waals surface area contributed by atoms with E-state index in [1.807, 2.05) is 0 Å². The summed E-state index contributed by atoms with van der Waals surface area (Å²) in [7, 11) is 1.42. The highest BCUT2D eigenvalue weighted by atomic mass is 19.1. The standard InChI is InChI=1S/C15H18FNO5/c1-4-21-14(18)11(15(19)22-5-2)9-17-13-7-6-10(20-3)8-12(13)16/h6-9,17H,4-5H2,1-3H3. The smallest absolute Gasteiger partial charge is 0.347 e. The van der Waals surface area contributed by atoms with Crippen molar-refractivity contribution in [2.24, 2.45) is 0 Å². The summed E-state index contributed by atoms with van der Waals surface area (Å²) < 4.78 is 28.2. The highest BCUT2D eigenvalue weighted by molar-refractivity contribution is 6.14. The first kappa shape index (κ1) is 17.5. The van der Waals surface area contributed by atoms with Crippen molar-refractivity contribution in [3.8, 4) is 5.75 Å². The van der Waals surface area contributed by atoms with Crippen LogP contribution in [-0.4, -0.2) is 32.3 Å². The number of methoxy groups -OCH3 is 1. The van der Waals surface area contributed by atoms with Crippen LogP contribution in [0.4, 0.5) is 10.1 Å². The number of rotatable bonds is 7. The summed E-state index contributed by atoms with van der Waals surface area (Å²) in [5.74, 6) is -1.93. The summed E-state index contributed by atoms with van der Waals surface area (Å²) in [6.45, 7) is 3.42. The molecule has 0 bridgehead atoms. The van der Waals surface area contributed by atoms with Crippen molar-refractivity contribution in [3.05, 3.63) is 35.8 Å². The molecule has 6 nitrogen and oxygen atoms in total. The van der Waals surface area contributed by atoms with Crippen LogP contribution < -0.4 is 10.1 Å². The van der Waals surface area contributed by atoms with Crippen LogP contribution in [-0.2, 0) is 19.1 Å². The van der Waals surface area contributed by atoms with Gasteiger partial charge in [-0.05, 0) is 26.0 Å². The Morgan fingerprint density at radius 2 is 1.77 bits per heavy atom. The Balaban J connectivity index is 2.97. The maximum atomic E-state index is 13.8. The highest BCUT2D eigenvalue weighted by Crippen LogP contribution is 2.20. The second-order valence-electron chi connectivity index (χ2n) is 3.99. The average molecular weight is 311 g/mol. The van der Waals surface area contributed by atoms with E-state index in [-0.39, 0.29) is 24.5 Å². The Kier molecular flexibility index (Phi) is 6.88. The summed E-state index contributed by atoms with van der Waals surface area (Å²) in [5.41, 5.74) is -0.272. The first-order valence-electron chi connectivity index (χ1n) is 6.67. The van der Waals surface area contributed by atoms with Gasteiger partial charge in [-0.3, -0.25) is 0 Å². The molecule has 7 heteroatoms. The van der Waals surface area contributed by atoms with E-state index in [0.717, 1.165) is 6.20 Å². The Morgan fingerprint density at radius 3 is 2.23 bits per heavy atom. The topological polar surface area (TPSA) is 73.9 Å². The van der Waals surface area contributed by atoms with Gasteiger partial charge in [0.2, 0.25) is 0 Å². The number of nitrogens with one attached hydrogen (secondary N) is 1. The van der Waals surface area contributed by atoms with Crippen molar-refractivity contribution in [2.45, 2.75) is 13.8 Å². The first-order valence-corrected chi connectivity index (χ1v) is 6.67. The van der Waals surface area contributed by atoms with E-state index in [2.05, 4.69) is 5.32 Å². The Labute approximate surface area is 127 Å². The molecular weight excluding hydrogens is 293 g/mol. The van der Waals surface area contributed by atoms with Crippen molar-refractivity contribution in [1.82, 2.24) is 0 Å². The quantitative estimate of drug-likeness (QED) is 0.360. The van der Waals surface area contributed by atoms with Crippen LogP contribution in [0, 0.1) is 5.82 Å². The van der Waals surface area contributed by atoms with E-state index in [9.17, 15) is 14.0 Å². The van der Waals surface area contributed by atoms with Crippen molar-refractivity contribution < 1.29 is 28.2 Å². The van der Waals surface area contributed by atoms with Crippen LogP contribution in [0.5, 0.6) is 5.75 Å². The number of ether oxygens (including phenoxy) is 3. The van der Waals surface area contributed by atoms with E-state index < -0.39 is 17.8 Å². The zero-order valence-electron chi connectivity index (χ0n) is 12.6. The third-order valence-electron chi connectivity index (χ3n) is 2.54. The van der Waals surface area contributed by atoms with Gasteiger partial charge >= 0.3 is 11.9 Å². The Morgan fingerprint density at radius 1 is 1.18 bits per heavy atom. The number of carbonyl (C=O) groups is 2. The maximum Gasteiger partial charge on any atom is 0.347 e. The molecule has 1 rings (SSSR count). The highest BCUT2D eigenvalue weighted by Gasteiger charge is 2.21. The molecule has 0 atom stereocenters. The minimum absolute atomic E-state index is 0.0758. The van der Waals surface area contributed by atoms with Crippen molar-refractivity contribution in [2.75, 3.05) is 25.6 Å². The minimum Gasteiger partial charge on any atom is -0.497 e. The molecule has 0 aromatic heterocycles. The molecule has 0 spiro atoms. The number of esters is 2. The molecule has 1 N–H and O–H groups in total. The van der Waals surface area contributed by atoms with Gasteiger partial charge in [0.05, 0.1) is 26.0 Å². The van der Waals surface area contributed by atoms with E-state index in [4.69, 9.17) is 14.2 Å². The van der Waals surface area contributed by atoms with Gasteiger partial charge in [0, 0.05) is 12.3 Å². The lowest BCUT2D eigenvalue weighted by Gasteiger charge is -2.09. The summed E-state index contributed by atoms with van der Waals surface area (Å²) >= 11 is 0. The Hall–Kier alpha value is -2.57. The van der Waals surface area contributed by atoms with Gasteiger partial charge in [0.15, 0.2) is 5.57 Å². The molecule has 0 amide bonds. The fourth-order valence-corrected chi connectivity index (χ4v) is 1.51. The van der Waals surface area contributed by atoms with Gasteiger partial charge in [-0.25, -0.2) is 14.0 Å². The lowest BCUT2D eigenvalue weighted by atomic mass is 10.2. The van der Waals surface area contributed by atoms with Crippen LogP contribution in [0.15, 0.2) is 30.0 Å². The third kappa shape index (κ3) is 4.76. The number of hydrogen-bond donors (Lipinski definition) is 1. The predicted molar refractivity (Wildman–Crippen MR) is 77.9 cm³/mol. The molecule has 120 valence electrons. The zero-order chi connectivity index (χ0) is 16.5. The van der Waals surface area contributed by atoms with Crippen LogP contribution in [0.2, 0.25) is 0 Å². The zero-order valence-corrected chi connectivity index (χ0v) is 12.6. The number of benzene rings is 1. The van der Waals surface area contributed by atoms with Crippen molar-refractivity contribution in [3.63, 3.8) is 0 Å². The van der Waals surface area contributed by atoms with Crippen LogP contribution in [0.3, 0.4) is 0 Å². The van der Waals surface area contributed by atoms with E-state index in [1.54, 1.807) is 13.8 Å². The van der Waals surface area contributed by atoms with Crippen molar-refractivity contribution in [1.29, 1.82) is 0 Å².